The van der Waals surface area contributed by atoms with Gasteiger partial charge in [0.25, 0.3) is 0 Å². The van der Waals surface area contributed by atoms with Crippen LogP contribution in [0.2, 0.25) is 0 Å². The van der Waals surface area contributed by atoms with Crippen molar-refractivity contribution >= 4 is 11.6 Å². The second-order valence-corrected chi connectivity index (χ2v) is 4.00. The fraction of sp³-hybridized carbons (Fsp3) is 0.133. The van der Waals surface area contributed by atoms with Crippen molar-refractivity contribution < 1.29 is 14.3 Å². The van der Waals surface area contributed by atoms with E-state index in [9.17, 15) is 9.59 Å². The summed E-state index contributed by atoms with van der Waals surface area (Å²) in [6.07, 6.45) is 2.88. The monoisotopic (exact) mass is 255 g/mol. The molecule has 4 nitrogen and oxygen atoms in total. The zero-order valence-corrected chi connectivity index (χ0v) is 10.5. The van der Waals surface area contributed by atoms with Crippen molar-refractivity contribution in [3.8, 4) is 5.75 Å². The number of ether oxygens (including phenoxy) is 1. The highest BCUT2D eigenvalue weighted by atomic mass is 16.5. The van der Waals surface area contributed by atoms with E-state index in [1.54, 1.807) is 42.6 Å². The van der Waals surface area contributed by atoms with Crippen molar-refractivity contribution in [3.05, 3.63) is 59.9 Å². The lowest BCUT2D eigenvalue weighted by Gasteiger charge is -2.03. The number of pyridine rings is 1. The highest BCUT2D eigenvalue weighted by Crippen LogP contribution is 2.15. The molecule has 0 aliphatic rings. The molecule has 0 saturated heterocycles. The summed E-state index contributed by atoms with van der Waals surface area (Å²) in [4.78, 5) is 27.8. The predicted octanol–water partition coefficient (Wildman–Crippen LogP) is 2.55. The van der Waals surface area contributed by atoms with Crippen LogP contribution in [0.25, 0.3) is 0 Å². The highest BCUT2D eigenvalue weighted by Gasteiger charge is 2.14. The summed E-state index contributed by atoms with van der Waals surface area (Å²) < 4.78 is 5.05. The lowest BCUT2D eigenvalue weighted by atomic mass is 10.0. The van der Waals surface area contributed by atoms with E-state index in [-0.39, 0.29) is 18.0 Å². The van der Waals surface area contributed by atoms with Gasteiger partial charge in [-0.2, -0.15) is 0 Å². The molecule has 0 radical (unpaired) electrons. The number of methoxy groups -OCH3 is 1. The van der Waals surface area contributed by atoms with Crippen molar-refractivity contribution in [1.82, 2.24) is 4.98 Å². The smallest absolute Gasteiger partial charge is 0.172 e. The quantitative estimate of drug-likeness (QED) is 0.608. The maximum absolute atomic E-state index is 12.0. The van der Waals surface area contributed by atoms with E-state index in [0.717, 1.165) is 0 Å². The van der Waals surface area contributed by atoms with E-state index < -0.39 is 0 Å². The Bertz CT molecular complexity index is 593. The zero-order chi connectivity index (χ0) is 13.7. The molecule has 0 saturated carbocycles. The SMILES string of the molecule is COc1cccc(C(=O)CC(=O)c2cccnc2)c1. The third-order valence-electron chi connectivity index (χ3n) is 2.70. The minimum absolute atomic E-state index is 0.168. The predicted molar refractivity (Wildman–Crippen MR) is 70.5 cm³/mol. The molecule has 0 unspecified atom stereocenters. The van der Waals surface area contributed by atoms with Gasteiger partial charge in [-0.25, -0.2) is 0 Å². The number of carbonyl (C=O) groups is 2. The standard InChI is InChI=1S/C15H13NO3/c1-19-13-6-2-4-11(8-13)14(17)9-15(18)12-5-3-7-16-10-12/h2-8,10H,9H2,1H3. The molecule has 0 aliphatic heterocycles. The summed E-state index contributed by atoms with van der Waals surface area (Å²) in [5, 5.41) is 0. The van der Waals surface area contributed by atoms with Gasteiger partial charge in [0.05, 0.1) is 13.5 Å². The summed E-state index contributed by atoms with van der Waals surface area (Å²) in [5.41, 5.74) is 0.912. The third kappa shape index (κ3) is 3.25. The molecular formula is C15H13NO3. The normalized spacial score (nSPS) is 9.95. The van der Waals surface area contributed by atoms with Crippen LogP contribution >= 0.6 is 0 Å². The zero-order valence-electron chi connectivity index (χ0n) is 10.5. The molecule has 4 heteroatoms. The molecule has 0 amide bonds. The number of carbonyl (C=O) groups excluding carboxylic acids is 2. The summed E-state index contributed by atoms with van der Waals surface area (Å²) >= 11 is 0. The van der Waals surface area contributed by atoms with Crippen LogP contribution in [0.15, 0.2) is 48.8 Å². The van der Waals surface area contributed by atoms with E-state index in [2.05, 4.69) is 4.98 Å². The molecule has 0 spiro atoms. The Labute approximate surface area is 111 Å². The Morgan fingerprint density at radius 3 is 2.53 bits per heavy atom. The Morgan fingerprint density at radius 1 is 1.11 bits per heavy atom. The van der Waals surface area contributed by atoms with E-state index in [1.165, 1.54) is 13.3 Å². The fourth-order valence-corrected chi connectivity index (χ4v) is 1.67. The van der Waals surface area contributed by atoms with E-state index >= 15 is 0 Å². The number of Topliss-reactive ketones (excluding diaryl/α,β-unsaturated/α-hetero) is 2. The first kappa shape index (κ1) is 13.0. The van der Waals surface area contributed by atoms with Gasteiger partial charge < -0.3 is 4.74 Å². The van der Waals surface area contributed by atoms with Gasteiger partial charge in [0, 0.05) is 23.5 Å². The largest absolute Gasteiger partial charge is 0.497 e. The molecule has 96 valence electrons. The summed E-state index contributed by atoms with van der Waals surface area (Å²) in [6.45, 7) is 0. The van der Waals surface area contributed by atoms with Crippen LogP contribution in [0.4, 0.5) is 0 Å². The molecule has 0 N–H and O–H groups in total. The number of hydrogen-bond donors (Lipinski definition) is 0. The van der Waals surface area contributed by atoms with Crippen molar-refractivity contribution in [2.45, 2.75) is 6.42 Å². The number of benzene rings is 1. The Hall–Kier alpha value is -2.49. The van der Waals surface area contributed by atoms with Crippen molar-refractivity contribution in [1.29, 1.82) is 0 Å². The minimum atomic E-state index is -0.235. The van der Waals surface area contributed by atoms with Crippen molar-refractivity contribution in [3.63, 3.8) is 0 Å². The fourth-order valence-electron chi connectivity index (χ4n) is 1.67. The molecule has 0 atom stereocenters. The highest BCUT2D eigenvalue weighted by molar-refractivity contribution is 6.13. The molecule has 2 rings (SSSR count). The van der Waals surface area contributed by atoms with Crippen LogP contribution in [-0.4, -0.2) is 23.7 Å². The molecule has 1 heterocycles. The lowest BCUT2D eigenvalue weighted by molar-refractivity contribution is 0.0894. The van der Waals surface area contributed by atoms with Gasteiger partial charge in [0.1, 0.15) is 5.75 Å². The van der Waals surface area contributed by atoms with Gasteiger partial charge in [0.2, 0.25) is 0 Å². The van der Waals surface area contributed by atoms with Crippen molar-refractivity contribution in [2.75, 3.05) is 7.11 Å². The van der Waals surface area contributed by atoms with Gasteiger partial charge in [0.15, 0.2) is 11.6 Å². The number of ketones is 2. The van der Waals surface area contributed by atoms with Crippen LogP contribution in [0, 0.1) is 0 Å². The van der Waals surface area contributed by atoms with Crippen LogP contribution in [0.3, 0.4) is 0 Å². The second-order valence-electron chi connectivity index (χ2n) is 4.00. The van der Waals surface area contributed by atoms with Gasteiger partial charge in [-0.05, 0) is 24.3 Å². The number of nitrogens with zero attached hydrogens (tertiary/aromatic N) is 1. The first-order valence-electron chi connectivity index (χ1n) is 5.81. The summed E-state index contributed by atoms with van der Waals surface area (Å²) in [6, 6.07) is 10.1. The van der Waals surface area contributed by atoms with Crippen LogP contribution in [0.1, 0.15) is 27.1 Å². The lowest BCUT2D eigenvalue weighted by Crippen LogP contribution is -2.08. The minimum Gasteiger partial charge on any atom is -0.497 e. The summed E-state index contributed by atoms with van der Waals surface area (Å²) in [7, 11) is 1.53. The van der Waals surface area contributed by atoms with Gasteiger partial charge in [-0.15, -0.1) is 0 Å². The third-order valence-corrected chi connectivity index (χ3v) is 2.70. The Balaban J connectivity index is 2.11. The van der Waals surface area contributed by atoms with E-state index in [4.69, 9.17) is 4.74 Å². The first-order chi connectivity index (χ1) is 9.20. The average molecular weight is 255 g/mol. The summed E-state index contributed by atoms with van der Waals surface area (Å²) in [5.74, 6) is 0.133. The molecule has 0 fully saturated rings. The molecule has 1 aromatic heterocycles. The van der Waals surface area contributed by atoms with Crippen LogP contribution in [0.5, 0.6) is 5.75 Å². The molecular weight excluding hydrogens is 242 g/mol. The van der Waals surface area contributed by atoms with Gasteiger partial charge in [-0.3, -0.25) is 14.6 Å². The van der Waals surface area contributed by atoms with Gasteiger partial charge >= 0.3 is 0 Å². The number of aromatic nitrogens is 1. The number of rotatable bonds is 5. The molecule has 19 heavy (non-hydrogen) atoms. The Kier molecular flexibility index (Phi) is 4.03. The van der Waals surface area contributed by atoms with Crippen LogP contribution in [-0.2, 0) is 0 Å². The maximum Gasteiger partial charge on any atom is 0.172 e. The molecule has 0 bridgehead atoms. The second kappa shape index (κ2) is 5.91. The van der Waals surface area contributed by atoms with E-state index in [0.29, 0.717) is 16.9 Å². The Morgan fingerprint density at radius 2 is 1.84 bits per heavy atom. The average Bonchev–Trinajstić information content (AvgIpc) is 2.48. The molecule has 0 aliphatic carbocycles. The van der Waals surface area contributed by atoms with Crippen molar-refractivity contribution in [2.24, 2.45) is 0 Å². The maximum atomic E-state index is 12.0. The van der Waals surface area contributed by atoms with Crippen LogP contribution < -0.4 is 4.74 Å². The molecule has 2 aromatic rings. The first-order valence-corrected chi connectivity index (χ1v) is 5.81. The van der Waals surface area contributed by atoms with E-state index in [1.807, 2.05) is 0 Å². The topological polar surface area (TPSA) is 56.3 Å². The molecule has 1 aromatic carbocycles. The number of hydrogen-bond acceptors (Lipinski definition) is 4. The van der Waals surface area contributed by atoms with Gasteiger partial charge in [-0.1, -0.05) is 12.1 Å².